The Morgan fingerprint density at radius 2 is 1.90 bits per heavy atom. The van der Waals surface area contributed by atoms with Gasteiger partial charge < -0.3 is 15.4 Å². The van der Waals surface area contributed by atoms with Crippen LogP contribution in [0.4, 0.5) is 0 Å². The van der Waals surface area contributed by atoms with E-state index in [0.29, 0.717) is 26.1 Å². The van der Waals surface area contributed by atoms with E-state index in [0.717, 1.165) is 32.2 Å². The minimum atomic E-state index is 0. The first-order valence-electron chi connectivity index (χ1n) is 8.14. The number of hydrogen-bond acceptors (Lipinski definition) is 3. The number of carbonyl (C=O) groups excluding carboxylic acids is 1. The monoisotopic (exact) mass is 320 g/mol. The second-order valence-electron chi connectivity index (χ2n) is 6.17. The van der Waals surface area contributed by atoms with Crippen LogP contribution in [0.15, 0.2) is 0 Å². The van der Waals surface area contributed by atoms with E-state index < -0.39 is 0 Å². The van der Waals surface area contributed by atoms with Gasteiger partial charge in [-0.1, -0.05) is 32.6 Å². The number of hydrogen-bond donors (Lipinski definition) is 1. The average molecular weight is 321 g/mol. The van der Waals surface area contributed by atoms with Gasteiger partial charge in [-0.25, -0.2) is 0 Å². The molecule has 0 bridgehead atoms. The summed E-state index contributed by atoms with van der Waals surface area (Å²) in [6, 6.07) is 0. The van der Waals surface area contributed by atoms with Gasteiger partial charge in [0, 0.05) is 26.6 Å². The van der Waals surface area contributed by atoms with Gasteiger partial charge in [0.1, 0.15) is 0 Å². The maximum Gasteiger partial charge on any atom is 0.223 e. The molecule has 0 aromatic rings. The van der Waals surface area contributed by atoms with Crippen LogP contribution in [-0.2, 0) is 9.53 Å². The molecule has 0 aliphatic heterocycles. The Hall–Kier alpha value is -0.320. The van der Waals surface area contributed by atoms with E-state index in [1.165, 1.54) is 19.3 Å². The van der Waals surface area contributed by atoms with Crippen LogP contribution in [0.25, 0.3) is 0 Å². The highest BCUT2D eigenvalue weighted by Crippen LogP contribution is 2.38. The topological polar surface area (TPSA) is 55.6 Å². The molecule has 1 aliphatic rings. The molecule has 4 nitrogen and oxygen atoms in total. The molecule has 1 saturated carbocycles. The second-order valence-corrected chi connectivity index (χ2v) is 6.17. The van der Waals surface area contributed by atoms with Crippen LogP contribution < -0.4 is 5.73 Å². The summed E-state index contributed by atoms with van der Waals surface area (Å²) in [7, 11) is 1.69. The van der Waals surface area contributed by atoms with E-state index in [2.05, 4.69) is 6.92 Å². The van der Waals surface area contributed by atoms with Crippen molar-refractivity contribution in [2.45, 2.75) is 58.3 Å². The Bertz CT molecular complexity index is 273. The van der Waals surface area contributed by atoms with Gasteiger partial charge in [0.25, 0.3) is 0 Å². The van der Waals surface area contributed by atoms with Crippen molar-refractivity contribution in [2.24, 2.45) is 11.1 Å². The van der Waals surface area contributed by atoms with Crippen molar-refractivity contribution in [3.05, 3.63) is 0 Å². The Balaban J connectivity index is 0.00000400. The molecule has 1 fully saturated rings. The molecule has 0 spiro atoms. The highest BCUT2D eigenvalue weighted by Gasteiger charge is 2.34. The van der Waals surface area contributed by atoms with Crippen LogP contribution >= 0.6 is 12.4 Å². The highest BCUT2D eigenvalue weighted by molar-refractivity contribution is 5.85. The lowest BCUT2D eigenvalue weighted by Gasteiger charge is -2.37. The molecular formula is C16H33ClN2O2. The van der Waals surface area contributed by atoms with Gasteiger partial charge in [-0.2, -0.15) is 0 Å². The lowest BCUT2D eigenvalue weighted by Crippen LogP contribution is -2.42. The fraction of sp³-hybridized carbons (Fsp3) is 0.938. The number of amides is 1. The number of carbonyl (C=O) groups is 1. The Morgan fingerprint density at radius 1 is 1.24 bits per heavy atom. The van der Waals surface area contributed by atoms with E-state index in [9.17, 15) is 4.79 Å². The van der Waals surface area contributed by atoms with Gasteiger partial charge >= 0.3 is 0 Å². The molecule has 0 aromatic carbocycles. The lowest BCUT2D eigenvalue weighted by molar-refractivity contribution is -0.135. The van der Waals surface area contributed by atoms with Gasteiger partial charge in [0.2, 0.25) is 5.91 Å². The molecule has 1 rings (SSSR count). The summed E-state index contributed by atoms with van der Waals surface area (Å²) < 4.78 is 5.13. The van der Waals surface area contributed by atoms with Crippen LogP contribution in [0.2, 0.25) is 0 Å². The summed E-state index contributed by atoms with van der Waals surface area (Å²) in [6.07, 6.45) is 8.75. The van der Waals surface area contributed by atoms with E-state index in [1.807, 2.05) is 4.90 Å². The van der Waals surface area contributed by atoms with Crippen molar-refractivity contribution in [1.82, 2.24) is 4.90 Å². The predicted octanol–water partition coefficient (Wildman–Crippen LogP) is 2.98. The number of ether oxygens (including phenoxy) is 1. The Labute approximate surface area is 136 Å². The molecule has 2 N–H and O–H groups in total. The van der Waals surface area contributed by atoms with Gasteiger partial charge in [0.15, 0.2) is 0 Å². The SMILES string of the molecule is CCCCN(CCOC)C(=O)CC1(CN)CCCCC1.Cl. The van der Waals surface area contributed by atoms with Crippen LogP contribution in [-0.4, -0.2) is 44.2 Å². The zero-order chi connectivity index (χ0) is 14.8. The van der Waals surface area contributed by atoms with Gasteiger partial charge in [-0.05, 0) is 31.2 Å². The molecule has 0 radical (unpaired) electrons. The van der Waals surface area contributed by atoms with Crippen molar-refractivity contribution in [3.63, 3.8) is 0 Å². The minimum Gasteiger partial charge on any atom is -0.383 e. The number of unbranched alkanes of at least 4 members (excludes halogenated alkanes) is 1. The molecule has 0 atom stereocenters. The van der Waals surface area contributed by atoms with Crippen molar-refractivity contribution in [1.29, 1.82) is 0 Å². The highest BCUT2D eigenvalue weighted by atomic mass is 35.5. The summed E-state index contributed by atoms with van der Waals surface area (Å²) in [5.41, 5.74) is 6.05. The van der Waals surface area contributed by atoms with Crippen molar-refractivity contribution < 1.29 is 9.53 Å². The smallest absolute Gasteiger partial charge is 0.223 e. The summed E-state index contributed by atoms with van der Waals surface area (Å²) in [5, 5.41) is 0. The Morgan fingerprint density at radius 3 is 2.43 bits per heavy atom. The third-order valence-corrected chi connectivity index (χ3v) is 4.57. The molecule has 0 heterocycles. The largest absolute Gasteiger partial charge is 0.383 e. The first kappa shape index (κ1) is 20.7. The standard InChI is InChI=1S/C16H32N2O2.ClH/c1-3-4-10-18(11-12-20-2)15(19)13-16(14-17)8-6-5-7-9-16;/h3-14,17H2,1-2H3;1H. The molecule has 126 valence electrons. The fourth-order valence-electron chi connectivity index (χ4n) is 3.10. The third-order valence-electron chi connectivity index (χ3n) is 4.57. The zero-order valence-electron chi connectivity index (χ0n) is 13.7. The molecule has 0 unspecified atom stereocenters. The number of methoxy groups -OCH3 is 1. The van der Waals surface area contributed by atoms with Crippen LogP contribution in [0, 0.1) is 5.41 Å². The molecule has 21 heavy (non-hydrogen) atoms. The van der Waals surface area contributed by atoms with E-state index in [4.69, 9.17) is 10.5 Å². The van der Waals surface area contributed by atoms with Gasteiger partial charge in [0.05, 0.1) is 6.61 Å². The van der Waals surface area contributed by atoms with Crippen LogP contribution in [0.1, 0.15) is 58.3 Å². The first-order valence-corrected chi connectivity index (χ1v) is 8.14. The van der Waals surface area contributed by atoms with Crippen LogP contribution in [0.5, 0.6) is 0 Å². The zero-order valence-corrected chi connectivity index (χ0v) is 14.6. The Kier molecular flexibility index (Phi) is 11.1. The number of nitrogens with zero attached hydrogens (tertiary/aromatic N) is 1. The number of nitrogens with two attached hydrogens (primary N) is 1. The third kappa shape index (κ3) is 6.98. The first-order chi connectivity index (χ1) is 9.67. The van der Waals surface area contributed by atoms with Gasteiger partial charge in [-0.15, -0.1) is 12.4 Å². The number of rotatable bonds is 9. The van der Waals surface area contributed by atoms with Gasteiger partial charge in [-0.3, -0.25) is 4.79 Å². The normalized spacial score (nSPS) is 17.1. The molecule has 0 saturated heterocycles. The maximum atomic E-state index is 12.6. The molecule has 1 amide bonds. The fourth-order valence-corrected chi connectivity index (χ4v) is 3.10. The average Bonchev–Trinajstić information content (AvgIpc) is 2.48. The molecule has 0 aromatic heterocycles. The van der Waals surface area contributed by atoms with Crippen molar-refractivity contribution >= 4 is 18.3 Å². The van der Waals surface area contributed by atoms with E-state index in [1.54, 1.807) is 7.11 Å². The summed E-state index contributed by atoms with van der Waals surface area (Å²) in [4.78, 5) is 14.6. The maximum absolute atomic E-state index is 12.6. The second kappa shape index (κ2) is 11.3. The summed E-state index contributed by atoms with van der Waals surface area (Å²) in [6.45, 7) is 4.96. The number of halogens is 1. The minimum absolute atomic E-state index is 0. The van der Waals surface area contributed by atoms with E-state index in [-0.39, 0.29) is 23.7 Å². The molecule has 1 aliphatic carbocycles. The van der Waals surface area contributed by atoms with Crippen LogP contribution in [0.3, 0.4) is 0 Å². The van der Waals surface area contributed by atoms with Crippen molar-refractivity contribution in [3.8, 4) is 0 Å². The predicted molar refractivity (Wildman–Crippen MR) is 89.8 cm³/mol. The van der Waals surface area contributed by atoms with Crippen molar-refractivity contribution in [2.75, 3.05) is 33.4 Å². The molecule has 5 heteroatoms. The molecular weight excluding hydrogens is 288 g/mol. The quantitative estimate of drug-likeness (QED) is 0.710. The lowest BCUT2D eigenvalue weighted by atomic mass is 9.71. The summed E-state index contributed by atoms with van der Waals surface area (Å²) >= 11 is 0. The van der Waals surface area contributed by atoms with E-state index >= 15 is 0 Å². The summed E-state index contributed by atoms with van der Waals surface area (Å²) in [5.74, 6) is 0.267.